The third kappa shape index (κ3) is 7.94. The molecule has 1 rings (SSSR count). The second-order valence-corrected chi connectivity index (χ2v) is 6.92. The van der Waals surface area contributed by atoms with Crippen molar-refractivity contribution in [1.82, 2.24) is 0 Å². The van der Waals surface area contributed by atoms with Crippen molar-refractivity contribution in [2.24, 2.45) is 0 Å². The number of hydrogen-bond donors (Lipinski definition) is 1. The maximum Gasteiger partial charge on any atom is 0.511 e. The summed E-state index contributed by atoms with van der Waals surface area (Å²) in [6.07, 6.45) is 12.5. The molecular formula is C22H36O3. The van der Waals surface area contributed by atoms with E-state index in [4.69, 9.17) is 9.84 Å². The highest BCUT2D eigenvalue weighted by molar-refractivity contribution is 5.63. The Bertz CT molecular complexity index is 508. The number of aryl methyl sites for hydroxylation is 1. The van der Waals surface area contributed by atoms with Crippen LogP contribution in [0, 0.1) is 0 Å². The molecule has 3 heteroatoms. The number of hydrogen-bond acceptors (Lipinski definition) is 2. The summed E-state index contributed by atoms with van der Waals surface area (Å²) in [5.74, 6) is 0.550. The predicted molar refractivity (Wildman–Crippen MR) is 105 cm³/mol. The van der Waals surface area contributed by atoms with Gasteiger partial charge in [-0.2, -0.15) is 0 Å². The summed E-state index contributed by atoms with van der Waals surface area (Å²) in [5, 5.41) is 9.09. The average molecular weight is 349 g/mol. The number of benzene rings is 1. The Balaban J connectivity index is 3.05. The molecule has 0 aliphatic heterocycles. The van der Waals surface area contributed by atoms with E-state index in [1.807, 2.05) is 6.07 Å². The standard InChI is InChI=1S/C22H36O3/c1-4-7-9-11-14-19-18(13-6-3)16-17-21(25-22(23)24)20(19)15-12-10-8-5-2/h16-17H,4-15H2,1-3H3,(H,23,24). The van der Waals surface area contributed by atoms with E-state index in [1.165, 1.54) is 56.1 Å². The Labute approximate surface area is 153 Å². The molecule has 0 saturated carbocycles. The molecule has 1 aromatic carbocycles. The molecule has 0 aliphatic carbocycles. The van der Waals surface area contributed by atoms with Gasteiger partial charge in [-0.25, -0.2) is 4.79 Å². The topological polar surface area (TPSA) is 46.5 Å². The van der Waals surface area contributed by atoms with Gasteiger partial charge in [-0.1, -0.05) is 71.8 Å². The molecule has 0 saturated heterocycles. The number of carboxylic acid groups (broad SMARTS) is 1. The van der Waals surface area contributed by atoms with E-state index in [1.54, 1.807) is 0 Å². The van der Waals surface area contributed by atoms with Gasteiger partial charge in [0.25, 0.3) is 0 Å². The normalized spacial score (nSPS) is 10.8. The summed E-state index contributed by atoms with van der Waals surface area (Å²) in [7, 11) is 0. The van der Waals surface area contributed by atoms with Gasteiger partial charge in [-0.3, -0.25) is 0 Å². The van der Waals surface area contributed by atoms with E-state index < -0.39 is 6.16 Å². The lowest BCUT2D eigenvalue weighted by Crippen LogP contribution is -2.09. The third-order valence-electron chi connectivity index (χ3n) is 4.76. The van der Waals surface area contributed by atoms with Gasteiger partial charge in [-0.05, 0) is 54.9 Å². The van der Waals surface area contributed by atoms with Crippen molar-refractivity contribution < 1.29 is 14.6 Å². The fraction of sp³-hybridized carbons (Fsp3) is 0.682. The van der Waals surface area contributed by atoms with Crippen molar-refractivity contribution in [3.8, 4) is 5.75 Å². The molecule has 1 N–H and O–H groups in total. The SMILES string of the molecule is CCCCCCc1c(CCC)ccc(OC(=O)O)c1CCCCCC. The van der Waals surface area contributed by atoms with E-state index in [-0.39, 0.29) is 0 Å². The summed E-state index contributed by atoms with van der Waals surface area (Å²) < 4.78 is 5.12. The summed E-state index contributed by atoms with van der Waals surface area (Å²) in [5.41, 5.74) is 3.87. The number of unbranched alkanes of at least 4 members (excludes halogenated alkanes) is 6. The Morgan fingerprint density at radius 2 is 1.40 bits per heavy atom. The Kier molecular flexibility index (Phi) is 11.0. The number of rotatable bonds is 13. The van der Waals surface area contributed by atoms with Crippen LogP contribution in [0.25, 0.3) is 0 Å². The Morgan fingerprint density at radius 3 is 1.92 bits per heavy atom. The minimum absolute atomic E-state index is 0.550. The third-order valence-corrected chi connectivity index (χ3v) is 4.76. The number of carbonyl (C=O) groups is 1. The zero-order valence-electron chi connectivity index (χ0n) is 16.4. The quantitative estimate of drug-likeness (QED) is 0.238. The second-order valence-electron chi connectivity index (χ2n) is 6.92. The lowest BCUT2D eigenvalue weighted by Gasteiger charge is -2.18. The molecule has 25 heavy (non-hydrogen) atoms. The van der Waals surface area contributed by atoms with Crippen LogP contribution in [0.3, 0.4) is 0 Å². The molecule has 0 aromatic heterocycles. The maximum atomic E-state index is 11.1. The van der Waals surface area contributed by atoms with Crippen LogP contribution in [0.5, 0.6) is 5.75 Å². The first-order chi connectivity index (χ1) is 12.1. The summed E-state index contributed by atoms with van der Waals surface area (Å²) >= 11 is 0. The average Bonchev–Trinajstić information content (AvgIpc) is 2.58. The van der Waals surface area contributed by atoms with Crippen LogP contribution in [0.2, 0.25) is 0 Å². The van der Waals surface area contributed by atoms with E-state index in [9.17, 15) is 4.79 Å². The van der Waals surface area contributed by atoms with Gasteiger partial charge in [0.05, 0.1) is 0 Å². The van der Waals surface area contributed by atoms with Crippen LogP contribution in [0.1, 0.15) is 95.2 Å². The molecule has 0 radical (unpaired) electrons. The van der Waals surface area contributed by atoms with Crippen molar-refractivity contribution in [2.45, 2.75) is 97.8 Å². The molecule has 0 spiro atoms. The predicted octanol–water partition coefficient (Wildman–Crippen LogP) is 6.94. The van der Waals surface area contributed by atoms with E-state index in [0.717, 1.165) is 37.7 Å². The van der Waals surface area contributed by atoms with Crippen LogP contribution >= 0.6 is 0 Å². The monoisotopic (exact) mass is 348 g/mol. The van der Waals surface area contributed by atoms with Crippen LogP contribution in [-0.2, 0) is 19.3 Å². The van der Waals surface area contributed by atoms with Gasteiger partial charge in [-0.15, -0.1) is 0 Å². The zero-order chi connectivity index (χ0) is 18.5. The number of ether oxygens (including phenoxy) is 1. The van der Waals surface area contributed by atoms with Gasteiger partial charge in [0.2, 0.25) is 0 Å². The van der Waals surface area contributed by atoms with E-state index in [0.29, 0.717) is 5.75 Å². The Hall–Kier alpha value is -1.51. The van der Waals surface area contributed by atoms with Gasteiger partial charge in [0.15, 0.2) is 0 Å². The fourth-order valence-corrected chi connectivity index (χ4v) is 3.46. The molecule has 0 unspecified atom stereocenters. The molecule has 0 atom stereocenters. The van der Waals surface area contributed by atoms with Crippen LogP contribution < -0.4 is 4.74 Å². The van der Waals surface area contributed by atoms with E-state index >= 15 is 0 Å². The van der Waals surface area contributed by atoms with Crippen LogP contribution in [0.4, 0.5) is 4.79 Å². The van der Waals surface area contributed by atoms with E-state index in [2.05, 4.69) is 26.8 Å². The van der Waals surface area contributed by atoms with Gasteiger partial charge in [0.1, 0.15) is 5.75 Å². The second kappa shape index (κ2) is 12.8. The molecule has 0 fully saturated rings. The highest BCUT2D eigenvalue weighted by Crippen LogP contribution is 2.30. The first-order valence-electron chi connectivity index (χ1n) is 10.2. The first kappa shape index (κ1) is 21.5. The largest absolute Gasteiger partial charge is 0.511 e. The van der Waals surface area contributed by atoms with Crippen molar-refractivity contribution in [3.63, 3.8) is 0 Å². The lowest BCUT2D eigenvalue weighted by molar-refractivity contribution is 0.144. The Morgan fingerprint density at radius 1 is 0.800 bits per heavy atom. The summed E-state index contributed by atoms with van der Waals surface area (Å²) in [6.45, 7) is 6.63. The van der Waals surface area contributed by atoms with Gasteiger partial charge >= 0.3 is 6.16 Å². The molecule has 0 amide bonds. The van der Waals surface area contributed by atoms with Crippen molar-refractivity contribution in [3.05, 3.63) is 28.8 Å². The molecule has 0 heterocycles. The zero-order valence-corrected chi connectivity index (χ0v) is 16.4. The smallest absolute Gasteiger partial charge is 0.449 e. The van der Waals surface area contributed by atoms with Crippen LogP contribution in [0.15, 0.2) is 12.1 Å². The van der Waals surface area contributed by atoms with Gasteiger partial charge < -0.3 is 9.84 Å². The van der Waals surface area contributed by atoms with Crippen molar-refractivity contribution >= 4 is 6.16 Å². The molecule has 0 bridgehead atoms. The molecule has 3 nitrogen and oxygen atoms in total. The minimum atomic E-state index is -1.21. The molecule has 0 aliphatic rings. The lowest BCUT2D eigenvalue weighted by atomic mass is 9.90. The highest BCUT2D eigenvalue weighted by atomic mass is 16.7. The minimum Gasteiger partial charge on any atom is -0.449 e. The fourth-order valence-electron chi connectivity index (χ4n) is 3.46. The molecular weight excluding hydrogens is 312 g/mol. The van der Waals surface area contributed by atoms with Crippen molar-refractivity contribution in [1.29, 1.82) is 0 Å². The summed E-state index contributed by atoms with van der Waals surface area (Å²) in [6, 6.07) is 3.94. The van der Waals surface area contributed by atoms with Crippen molar-refractivity contribution in [2.75, 3.05) is 0 Å². The highest BCUT2D eigenvalue weighted by Gasteiger charge is 2.16. The van der Waals surface area contributed by atoms with Gasteiger partial charge in [0, 0.05) is 0 Å². The molecule has 142 valence electrons. The maximum absolute atomic E-state index is 11.1. The molecule has 1 aromatic rings. The van der Waals surface area contributed by atoms with Crippen LogP contribution in [-0.4, -0.2) is 11.3 Å². The summed E-state index contributed by atoms with van der Waals surface area (Å²) in [4.78, 5) is 11.1. The first-order valence-corrected chi connectivity index (χ1v) is 10.2.